The van der Waals surface area contributed by atoms with Crippen molar-refractivity contribution in [1.29, 1.82) is 0 Å². The SMILES string of the molecule is COc1ccc(-c2cc3ccccc3oc2=O)cc1NC(=S)NC(=O)C=Cc1ccc(-c2cccc(Cl)c2Cl)o1. The average Bonchev–Trinajstić information content (AvgIpc) is 3.42. The fraction of sp³-hybridized carbons (Fsp3) is 0.0333. The summed E-state index contributed by atoms with van der Waals surface area (Å²) in [6, 6.07) is 22.8. The first-order valence-electron chi connectivity index (χ1n) is 11.9. The number of benzene rings is 3. The van der Waals surface area contributed by atoms with Gasteiger partial charge >= 0.3 is 5.63 Å². The van der Waals surface area contributed by atoms with Crippen molar-refractivity contribution in [3.63, 3.8) is 0 Å². The summed E-state index contributed by atoms with van der Waals surface area (Å²) < 4.78 is 16.7. The molecule has 0 spiro atoms. The van der Waals surface area contributed by atoms with Crippen LogP contribution in [0.2, 0.25) is 10.0 Å². The molecule has 3 aromatic carbocycles. The van der Waals surface area contributed by atoms with Crippen molar-refractivity contribution < 1.29 is 18.4 Å². The molecule has 0 unspecified atom stereocenters. The van der Waals surface area contributed by atoms with Crippen LogP contribution in [0.15, 0.2) is 98.6 Å². The Morgan fingerprint density at radius 3 is 2.60 bits per heavy atom. The Morgan fingerprint density at radius 2 is 1.77 bits per heavy atom. The molecule has 200 valence electrons. The zero-order chi connectivity index (χ0) is 28.2. The number of nitrogens with one attached hydrogen (secondary N) is 2. The van der Waals surface area contributed by atoms with Gasteiger partial charge in [0.25, 0.3) is 0 Å². The van der Waals surface area contributed by atoms with Gasteiger partial charge in [-0.1, -0.05) is 53.5 Å². The number of furan rings is 1. The van der Waals surface area contributed by atoms with Crippen LogP contribution < -0.4 is 21.0 Å². The van der Waals surface area contributed by atoms with Crippen molar-refractivity contribution in [3.8, 4) is 28.2 Å². The fourth-order valence-corrected chi connectivity index (χ4v) is 4.59. The van der Waals surface area contributed by atoms with Gasteiger partial charge in [0.05, 0.1) is 28.4 Å². The normalized spacial score (nSPS) is 11.1. The zero-order valence-corrected chi connectivity index (χ0v) is 23.2. The Balaban J connectivity index is 1.29. The third kappa shape index (κ3) is 5.94. The highest BCUT2D eigenvalue weighted by atomic mass is 35.5. The maximum Gasteiger partial charge on any atom is 0.344 e. The van der Waals surface area contributed by atoms with Crippen molar-refractivity contribution in [2.75, 3.05) is 12.4 Å². The van der Waals surface area contributed by atoms with Gasteiger partial charge in [-0.25, -0.2) is 4.79 Å². The lowest BCUT2D eigenvalue weighted by atomic mass is 10.0. The largest absolute Gasteiger partial charge is 0.495 e. The Hall–Kier alpha value is -4.37. The molecule has 2 aromatic heterocycles. The van der Waals surface area contributed by atoms with Crippen LogP contribution in [-0.4, -0.2) is 18.1 Å². The number of methoxy groups -OCH3 is 1. The maximum atomic E-state index is 12.6. The summed E-state index contributed by atoms with van der Waals surface area (Å²) in [5.74, 6) is 0.922. The molecule has 40 heavy (non-hydrogen) atoms. The number of ether oxygens (including phenoxy) is 1. The molecule has 0 atom stereocenters. The van der Waals surface area contributed by atoms with E-state index in [9.17, 15) is 9.59 Å². The number of anilines is 1. The Bertz CT molecular complexity index is 1840. The summed E-state index contributed by atoms with van der Waals surface area (Å²) in [6.07, 6.45) is 2.78. The van der Waals surface area contributed by atoms with Crippen LogP contribution in [0.5, 0.6) is 5.75 Å². The number of hydrogen-bond donors (Lipinski definition) is 2. The molecule has 2 heterocycles. The molecular weight excluding hydrogens is 571 g/mol. The second-order valence-electron chi connectivity index (χ2n) is 8.48. The monoisotopic (exact) mass is 590 g/mol. The smallest absolute Gasteiger partial charge is 0.344 e. The quantitative estimate of drug-likeness (QED) is 0.120. The molecule has 0 aliphatic carbocycles. The van der Waals surface area contributed by atoms with Crippen molar-refractivity contribution in [1.82, 2.24) is 5.32 Å². The lowest BCUT2D eigenvalue weighted by Gasteiger charge is -2.14. The van der Waals surface area contributed by atoms with Crippen molar-refractivity contribution in [2.45, 2.75) is 0 Å². The minimum atomic E-state index is -0.485. The topological polar surface area (TPSA) is 93.7 Å². The van der Waals surface area contributed by atoms with Crippen LogP contribution in [0.25, 0.3) is 39.5 Å². The highest BCUT2D eigenvalue weighted by Crippen LogP contribution is 2.34. The molecule has 0 saturated heterocycles. The molecule has 2 N–H and O–H groups in total. The number of amides is 1. The molecule has 0 radical (unpaired) electrons. The molecule has 5 aromatic rings. The van der Waals surface area contributed by atoms with Crippen LogP contribution in [0.3, 0.4) is 0 Å². The summed E-state index contributed by atoms with van der Waals surface area (Å²) in [5.41, 5.74) is 2.08. The fourth-order valence-electron chi connectivity index (χ4n) is 3.98. The van der Waals surface area contributed by atoms with E-state index in [4.69, 9.17) is 49.0 Å². The van der Waals surface area contributed by atoms with Crippen LogP contribution in [-0.2, 0) is 4.79 Å². The molecule has 10 heteroatoms. The molecule has 0 aliphatic heterocycles. The van der Waals surface area contributed by atoms with Gasteiger partial charge in [0.2, 0.25) is 5.91 Å². The van der Waals surface area contributed by atoms with E-state index in [0.717, 1.165) is 5.39 Å². The molecule has 7 nitrogen and oxygen atoms in total. The average molecular weight is 591 g/mol. The number of carbonyl (C=O) groups is 1. The minimum Gasteiger partial charge on any atom is -0.495 e. The van der Waals surface area contributed by atoms with Gasteiger partial charge in [0.15, 0.2) is 5.11 Å². The number of hydrogen-bond acceptors (Lipinski definition) is 6. The Morgan fingerprint density at radius 1 is 0.950 bits per heavy atom. The molecule has 1 amide bonds. The zero-order valence-electron chi connectivity index (χ0n) is 20.9. The molecular formula is C30H20Cl2N2O5S. The molecule has 0 saturated carbocycles. The molecule has 0 fully saturated rings. The van der Waals surface area contributed by atoms with Gasteiger partial charge in [-0.15, -0.1) is 0 Å². The van der Waals surface area contributed by atoms with Gasteiger partial charge in [-0.05, 0) is 72.4 Å². The van der Waals surface area contributed by atoms with Gasteiger partial charge in [-0.3, -0.25) is 10.1 Å². The molecule has 5 rings (SSSR count). The first kappa shape index (κ1) is 27.2. The van der Waals surface area contributed by atoms with Gasteiger partial charge in [-0.2, -0.15) is 0 Å². The molecule has 0 bridgehead atoms. The van der Waals surface area contributed by atoms with Crippen molar-refractivity contribution in [2.24, 2.45) is 0 Å². The van der Waals surface area contributed by atoms with Crippen LogP contribution in [0.1, 0.15) is 5.76 Å². The summed E-state index contributed by atoms with van der Waals surface area (Å²) >= 11 is 17.7. The van der Waals surface area contributed by atoms with E-state index in [2.05, 4.69) is 10.6 Å². The third-order valence-electron chi connectivity index (χ3n) is 5.88. The highest BCUT2D eigenvalue weighted by molar-refractivity contribution is 7.80. The van der Waals surface area contributed by atoms with Crippen molar-refractivity contribution >= 4 is 69.2 Å². The predicted octanol–water partition coefficient (Wildman–Crippen LogP) is 7.56. The summed E-state index contributed by atoms with van der Waals surface area (Å²) in [6.45, 7) is 0. The van der Waals surface area contributed by atoms with E-state index in [1.807, 2.05) is 12.1 Å². The summed E-state index contributed by atoms with van der Waals surface area (Å²) in [7, 11) is 1.50. The van der Waals surface area contributed by atoms with E-state index >= 15 is 0 Å². The summed E-state index contributed by atoms with van der Waals surface area (Å²) in [4.78, 5) is 25.2. The van der Waals surface area contributed by atoms with Crippen LogP contribution in [0, 0.1) is 0 Å². The van der Waals surface area contributed by atoms with E-state index in [-0.39, 0.29) is 5.11 Å². The van der Waals surface area contributed by atoms with E-state index in [1.165, 1.54) is 19.3 Å². The van der Waals surface area contributed by atoms with Gasteiger partial charge in [0.1, 0.15) is 22.9 Å². The second-order valence-corrected chi connectivity index (χ2v) is 9.67. The number of halogens is 2. The number of para-hydroxylation sites is 1. The van der Waals surface area contributed by atoms with E-state index in [1.54, 1.807) is 66.7 Å². The highest BCUT2D eigenvalue weighted by Gasteiger charge is 2.14. The number of fused-ring (bicyclic) bond motifs is 1. The predicted molar refractivity (Wildman–Crippen MR) is 162 cm³/mol. The standard InChI is InChI=1S/C30H20Cl2N2O5S/c1-37-26-12-9-17(21-15-18-5-2-3-8-24(18)39-29(21)36)16-23(26)33-30(40)34-27(35)14-11-19-10-13-25(38-19)20-6-4-7-22(31)28(20)32/h2-16H,1H3,(H2,33,34,35,40). The minimum absolute atomic E-state index is 0.0292. The first-order valence-corrected chi connectivity index (χ1v) is 13.0. The van der Waals surface area contributed by atoms with Gasteiger partial charge < -0.3 is 18.9 Å². The number of rotatable bonds is 6. The Labute approximate surface area is 244 Å². The molecule has 0 aliphatic rings. The van der Waals surface area contributed by atoms with Crippen molar-refractivity contribution in [3.05, 3.63) is 111 Å². The number of carbonyl (C=O) groups excluding carboxylic acids is 1. The second kappa shape index (κ2) is 11.8. The van der Waals surface area contributed by atoms with Crippen LogP contribution >= 0.6 is 35.4 Å². The van der Waals surface area contributed by atoms with Crippen LogP contribution in [0.4, 0.5) is 5.69 Å². The summed E-state index contributed by atoms with van der Waals surface area (Å²) in [5, 5.41) is 7.14. The van der Waals surface area contributed by atoms with E-state index < -0.39 is 11.5 Å². The maximum absolute atomic E-state index is 12.6. The van der Waals surface area contributed by atoms with E-state index in [0.29, 0.717) is 55.3 Å². The lowest BCUT2D eigenvalue weighted by Crippen LogP contribution is -2.32. The third-order valence-corrected chi connectivity index (χ3v) is 6.90. The Kier molecular flexibility index (Phi) is 8.02. The number of thiocarbonyl (C=S) groups is 1. The van der Waals surface area contributed by atoms with Gasteiger partial charge in [0, 0.05) is 17.0 Å². The lowest BCUT2D eigenvalue weighted by molar-refractivity contribution is -0.115. The first-order chi connectivity index (χ1) is 19.3.